The van der Waals surface area contributed by atoms with Crippen LogP contribution in [0.3, 0.4) is 0 Å². The summed E-state index contributed by atoms with van der Waals surface area (Å²) in [5.74, 6) is 1.09. The van der Waals surface area contributed by atoms with Crippen molar-refractivity contribution in [1.29, 1.82) is 0 Å². The van der Waals surface area contributed by atoms with Crippen LogP contribution >= 0.6 is 0 Å². The lowest BCUT2D eigenvalue weighted by Gasteiger charge is -2.35. The van der Waals surface area contributed by atoms with E-state index in [1.165, 1.54) is 6.07 Å². The number of carbonyl (C=O) groups is 1. The molecule has 1 fully saturated rings. The van der Waals surface area contributed by atoms with Crippen molar-refractivity contribution in [2.45, 2.75) is 46.6 Å². The van der Waals surface area contributed by atoms with Crippen molar-refractivity contribution in [2.24, 2.45) is 0 Å². The second-order valence-corrected chi connectivity index (χ2v) is 8.11. The van der Waals surface area contributed by atoms with Crippen LogP contribution in [-0.4, -0.2) is 34.8 Å². The Hall–Kier alpha value is -3.09. The van der Waals surface area contributed by atoms with Gasteiger partial charge in [-0.1, -0.05) is 5.16 Å². The van der Waals surface area contributed by atoms with Crippen LogP contribution in [0.2, 0.25) is 0 Å². The number of nitrogens with one attached hydrogen (secondary N) is 1. The smallest absolute Gasteiger partial charge is 0.253 e. The number of hydrogen-bond donors (Lipinski definition) is 1. The molecule has 0 aliphatic carbocycles. The fourth-order valence-electron chi connectivity index (χ4n) is 4.35. The van der Waals surface area contributed by atoms with Crippen LogP contribution in [0.5, 0.6) is 0 Å². The second kappa shape index (κ2) is 7.97. The van der Waals surface area contributed by atoms with Crippen molar-refractivity contribution in [2.75, 3.05) is 18.0 Å². The molecule has 7 heteroatoms. The van der Waals surface area contributed by atoms with Crippen molar-refractivity contribution in [3.8, 4) is 5.82 Å². The molecule has 1 aromatic carbocycles. The molecule has 1 aliphatic heterocycles. The topological polar surface area (TPSA) is 63.3 Å². The summed E-state index contributed by atoms with van der Waals surface area (Å²) in [6, 6.07) is 8.64. The Morgan fingerprint density at radius 1 is 1.20 bits per heavy atom. The first-order valence-corrected chi connectivity index (χ1v) is 10.3. The molecule has 0 unspecified atom stereocenters. The molecule has 1 amide bonds. The number of anilines is 1. The lowest BCUT2D eigenvalue weighted by atomic mass is 10.0. The maximum absolute atomic E-state index is 13.5. The third-order valence-corrected chi connectivity index (χ3v) is 5.78. The summed E-state index contributed by atoms with van der Waals surface area (Å²) in [5, 5.41) is 7.27. The standard InChI is InChI=1S/C23H27FN4O2/c1-14-10-18(24)7-8-21(14)27-9-5-6-19(13-27)25-23(29)20-11-15(2)28(17(20)4)22-12-16(3)30-26-22/h7-8,10-12,19H,5-6,9,13H2,1-4H3,(H,25,29)/t19-/m1/s1. The van der Waals surface area contributed by atoms with E-state index in [0.717, 1.165) is 47.8 Å². The number of aromatic nitrogens is 2. The minimum atomic E-state index is -0.226. The lowest BCUT2D eigenvalue weighted by molar-refractivity contribution is 0.0932. The number of carbonyl (C=O) groups excluding carboxylic acids is 1. The van der Waals surface area contributed by atoms with Gasteiger partial charge in [-0.25, -0.2) is 4.39 Å². The van der Waals surface area contributed by atoms with Gasteiger partial charge in [-0.05, 0) is 70.4 Å². The molecule has 4 rings (SSSR count). The van der Waals surface area contributed by atoms with Crippen LogP contribution in [0.1, 0.15) is 45.9 Å². The monoisotopic (exact) mass is 410 g/mol. The molecule has 2 aromatic heterocycles. The summed E-state index contributed by atoms with van der Waals surface area (Å²) in [4.78, 5) is 15.3. The summed E-state index contributed by atoms with van der Waals surface area (Å²) in [5.41, 5.74) is 4.34. The Labute approximate surface area is 175 Å². The molecule has 0 spiro atoms. The van der Waals surface area contributed by atoms with Crippen LogP contribution in [0, 0.1) is 33.5 Å². The third kappa shape index (κ3) is 3.84. The molecule has 158 valence electrons. The maximum Gasteiger partial charge on any atom is 0.253 e. The maximum atomic E-state index is 13.5. The van der Waals surface area contributed by atoms with E-state index in [1.807, 2.05) is 50.5 Å². The zero-order valence-corrected chi connectivity index (χ0v) is 17.8. The molecule has 1 atom stereocenters. The van der Waals surface area contributed by atoms with E-state index in [9.17, 15) is 9.18 Å². The molecular weight excluding hydrogens is 383 g/mol. The molecule has 3 aromatic rings. The van der Waals surface area contributed by atoms with Gasteiger partial charge < -0.3 is 14.7 Å². The Morgan fingerprint density at radius 2 is 2.00 bits per heavy atom. The SMILES string of the molecule is Cc1cc(-n2c(C)cc(C(=O)N[C@@H]3CCCN(c4ccc(F)cc4C)C3)c2C)no1. The van der Waals surface area contributed by atoms with E-state index >= 15 is 0 Å². The van der Waals surface area contributed by atoms with E-state index in [0.29, 0.717) is 17.9 Å². The Balaban J connectivity index is 1.50. The molecule has 1 saturated heterocycles. The van der Waals surface area contributed by atoms with Crippen LogP contribution in [0.15, 0.2) is 34.9 Å². The average molecular weight is 410 g/mol. The van der Waals surface area contributed by atoms with Gasteiger partial charge in [0.15, 0.2) is 5.82 Å². The summed E-state index contributed by atoms with van der Waals surface area (Å²) in [7, 11) is 0. The number of rotatable bonds is 4. The Bertz CT molecular complexity index is 1090. The van der Waals surface area contributed by atoms with Gasteiger partial charge in [0.1, 0.15) is 11.6 Å². The molecule has 0 radical (unpaired) electrons. The minimum Gasteiger partial charge on any atom is -0.369 e. The molecule has 0 saturated carbocycles. The summed E-state index contributed by atoms with van der Waals surface area (Å²) in [6.07, 6.45) is 1.89. The van der Waals surface area contributed by atoms with Crippen molar-refractivity contribution in [3.63, 3.8) is 0 Å². The number of amides is 1. The first-order chi connectivity index (χ1) is 14.3. The molecule has 6 nitrogen and oxygen atoms in total. The van der Waals surface area contributed by atoms with Gasteiger partial charge in [0.2, 0.25) is 0 Å². The van der Waals surface area contributed by atoms with Gasteiger partial charge in [0, 0.05) is 42.3 Å². The lowest BCUT2D eigenvalue weighted by Crippen LogP contribution is -2.48. The van der Waals surface area contributed by atoms with E-state index in [1.54, 1.807) is 6.07 Å². The molecule has 3 heterocycles. The van der Waals surface area contributed by atoms with Gasteiger partial charge in [-0.3, -0.25) is 9.36 Å². The summed E-state index contributed by atoms with van der Waals surface area (Å²) < 4.78 is 20.6. The van der Waals surface area contributed by atoms with E-state index in [-0.39, 0.29) is 17.8 Å². The van der Waals surface area contributed by atoms with Crippen molar-refractivity contribution >= 4 is 11.6 Å². The number of halogens is 1. The fraction of sp³-hybridized carbons (Fsp3) is 0.391. The van der Waals surface area contributed by atoms with Gasteiger partial charge in [0.05, 0.1) is 5.56 Å². The van der Waals surface area contributed by atoms with Crippen molar-refractivity contribution in [3.05, 3.63) is 64.4 Å². The predicted octanol–water partition coefficient (Wildman–Crippen LogP) is 4.24. The number of piperidine rings is 1. The fourth-order valence-corrected chi connectivity index (χ4v) is 4.35. The van der Waals surface area contributed by atoms with Gasteiger partial charge in [-0.2, -0.15) is 0 Å². The van der Waals surface area contributed by atoms with Crippen molar-refractivity contribution < 1.29 is 13.7 Å². The number of aryl methyl sites for hydroxylation is 3. The van der Waals surface area contributed by atoms with E-state index in [4.69, 9.17) is 4.52 Å². The molecule has 0 bridgehead atoms. The quantitative estimate of drug-likeness (QED) is 0.699. The average Bonchev–Trinajstić information content (AvgIpc) is 3.24. The summed E-state index contributed by atoms with van der Waals surface area (Å²) in [6.45, 7) is 9.24. The highest BCUT2D eigenvalue weighted by molar-refractivity contribution is 5.96. The summed E-state index contributed by atoms with van der Waals surface area (Å²) >= 11 is 0. The largest absolute Gasteiger partial charge is 0.369 e. The Morgan fingerprint density at radius 3 is 2.70 bits per heavy atom. The van der Waals surface area contributed by atoms with Gasteiger partial charge in [-0.15, -0.1) is 0 Å². The highest BCUT2D eigenvalue weighted by Crippen LogP contribution is 2.25. The van der Waals surface area contributed by atoms with Crippen LogP contribution in [0.4, 0.5) is 10.1 Å². The number of benzene rings is 1. The zero-order valence-electron chi connectivity index (χ0n) is 17.8. The molecule has 30 heavy (non-hydrogen) atoms. The van der Waals surface area contributed by atoms with Gasteiger partial charge in [0.25, 0.3) is 5.91 Å². The van der Waals surface area contributed by atoms with E-state index < -0.39 is 0 Å². The van der Waals surface area contributed by atoms with Crippen LogP contribution in [-0.2, 0) is 0 Å². The third-order valence-electron chi connectivity index (χ3n) is 5.78. The highest BCUT2D eigenvalue weighted by atomic mass is 19.1. The minimum absolute atomic E-state index is 0.0352. The molecular formula is C23H27FN4O2. The van der Waals surface area contributed by atoms with Crippen molar-refractivity contribution in [1.82, 2.24) is 15.0 Å². The highest BCUT2D eigenvalue weighted by Gasteiger charge is 2.25. The normalized spacial score (nSPS) is 16.7. The van der Waals surface area contributed by atoms with Crippen LogP contribution in [0.25, 0.3) is 5.82 Å². The predicted molar refractivity (Wildman–Crippen MR) is 114 cm³/mol. The Kier molecular flexibility index (Phi) is 5.37. The first-order valence-electron chi connectivity index (χ1n) is 10.3. The first kappa shape index (κ1) is 20.2. The number of nitrogens with zero attached hydrogens (tertiary/aromatic N) is 3. The number of hydrogen-bond acceptors (Lipinski definition) is 4. The molecule has 1 aliphatic rings. The molecule has 1 N–H and O–H groups in total. The van der Waals surface area contributed by atoms with Gasteiger partial charge >= 0.3 is 0 Å². The van der Waals surface area contributed by atoms with E-state index in [2.05, 4.69) is 15.4 Å². The van der Waals surface area contributed by atoms with Crippen LogP contribution < -0.4 is 10.2 Å². The zero-order chi connectivity index (χ0) is 21.4. The second-order valence-electron chi connectivity index (χ2n) is 8.11.